The first-order chi connectivity index (χ1) is 15.6. The van der Waals surface area contributed by atoms with Crippen LogP contribution in [0.15, 0.2) is 69.0 Å². The van der Waals surface area contributed by atoms with Crippen molar-refractivity contribution in [1.82, 2.24) is 25.3 Å². The van der Waals surface area contributed by atoms with E-state index in [0.29, 0.717) is 29.1 Å². The lowest BCUT2D eigenvalue weighted by Gasteiger charge is -2.09. The zero-order valence-electron chi connectivity index (χ0n) is 17.4. The second-order valence-electron chi connectivity index (χ2n) is 7.76. The number of hydrogen-bond donors (Lipinski definition) is 1. The average Bonchev–Trinajstić information content (AvgIpc) is 3.51. The van der Waals surface area contributed by atoms with Crippen LogP contribution in [0.3, 0.4) is 0 Å². The molecule has 162 valence electrons. The van der Waals surface area contributed by atoms with E-state index in [1.807, 2.05) is 48.5 Å². The molecule has 2 heterocycles. The number of hydrogen-bond acceptors (Lipinski definition) is 7. The average molecular weight is 448 g/mol. The van der Waals surface area contributed by atoms with Gasteiger partial charge in [-0.2, -0.15) is 5.10 Å². The number of fused-ring (bicyclic) bond motifs is 1. The minimum atomic E-state index is -0.361. The van der Waals surface area contributed by atoms with Crippen LogP contribution in [-0.4, -0.2) is 37.2 Å². The van der Waals surface area contributed by atoms with E-state index in [1.54, 1.807) is 13.0 Å². The Morgan fingerprint density at radius 1 is 1.12 bits per heavy atom. The van der Waals surface area contributed by atoms with Gasteiger partial charge in [-0.1, -0.05) is 60.3 Å². The number of aromatic nitrogens is 4. The van der Waals surface area contributed by atoms with Crippen LogP contribution >= 0.6 is 11.8 Å². The van der Waals surface area contributed by atoms with Crippen molar-refractivity contribution in [2.45, 2.75) is 42.8 Å². The number of amides is 1. The Bertz CT molecular complexity index is 1330. The van der Waals surface area contributed by atoms with Crippen molar-refractivity contribution in [3.05, 3.63) is 70.5 Å². The Morgan fingerprint density at radius 3 is 2.59 bits per heavy atom. The number of carbonyl (C=O) groups is 1. The van der Waals surface area contributed by atoms with E-state index >= 15 is 0 Å². The fourth-order valence-electron chi connectivity index (χ4n) is 3.36. The van der Waals surface area contributed by atoms with Gasteiger partial charge in [0.15, 0.2) is 5.69 Å². The number of nitrogens with one attached hydrogen (secondary N) is 1. The lowest BCUT2D eigenvalue weighted by Crippen LogP contribution is -2.32. The lowest BCUT2D eigenvalue weighted by molar-refractivity contribution is -0.120. The summed E-state index contributed by atoms with van der Waals surface area (Å²) in [6.45, 7) is 2.13. The van der Waals surface area contributed by atoms with E-state index in [9.17, 15) is 9.59 Å². The van der Waals surface area contributed by atoms with Gasteiger partial charge in [-0.05, 0) is 31.4 Å². The van der Waals surface area contributed by atoms with E-state index in [2.05, 4.69) is 20.6 Å². The van der Waals surface area contributed by atoms with Gasteiger partial charge in [0, 0.05) is 11.4 Å². The van der Waals surface area contributed by atoms with Crippen molar-refractivity contribution in [2.24, 2.45) is 0 Å². The molecule has 1 atom stereocenters. The van der Waals surface area contributed by atoms with E-state index in [4.69, 9.17) is 4.42 Å². The summed E-state index contributed by atoms with van der Waals surface area (Å²) in [5, 5.41) is 16.9. The molecule has 1 N–H and O–H groups in total. The van der Waals surface area contributed by atoms with Crippen LogP contribution in [0.2, 0.25) is 0 Å². The van der Waals surface area contributed by atoms with E-state index in [0.717, 1.165) is 18.4 Å². The molecule has 1 aliphatic carbocycles. The summed E-state index contributed by atoms with van der Waals surface area (Å²) in [6, 6.07) is 17.2. The van der Waals surface area contributed by atoms with Crippen molar-refractivity contribution in [2.75, 3.05) is 0 Å². The molecule has 2 aromatic heterocycles. The second kappa shape index (κ2) is 8.58. The van der Waals surface area contributed by atoms with Crippen molar-refractivity contribution in [3.8, 4) is 11.6 Å². The van der Waals surface area contributed by atoms with Gasteiger partial charge in [-0.15, -0.1) is 10.2 Å². The number of carbonyl (C=O) groups excluding carboxylic acids is 1. The van der Waals surface area contributed by atoms with Crippen molar-refractivity contribution < 1.29 is 9.21 Å². The molecule has 8 nitrogen and oxygen atoms in total. The largest absolute Gasteiger partial charge is 0.409 e. The summed E-state index contributed by atoms with van der Waals surface area (Å²) in [6.07, 6.45) is 2.07. The molecular formula is C23H21N5O3S. The van der Waals surface area contributed by atoms with Gasteiger partial charge in [0.05, 0.1) is 17.2 Å². The Morgan fingerprint density at radius 2 is 1.84 bits per heavy atom. The van der Waals surface area contributed by atoms with Crippen LogP contribution in [0.5, 0.6) is 0 Å². The van der Waals surface area contributed by atoms with Gasteiger partial charge in [-0.3, -0.25) is 9.59 Å². The van der Waals surface area contributed by atoms with Gasteiger partial charge in [-0.25, -0.2) is 4.68 Å². The molecule has 0 bridgehead atoms. The summed E-state index contributed by atoms with van der Waals surface area (Å²) in [4.78, 5) is 25.3. The predicted molar refractivity (Wildman–Crippen MR) is 121 cm³/mol. The Balaban J connectivity index is 1.47. The Hall–Kier alpha value is -3.46. The summed E-state index contributed by atoms with van der Waals surface area (Å²) in [5.41, 5.74) is 1.21. The van der Waals surface area contributed by atoms with Gasteiger partial charge in [0.1, 0.15) is 0 Å². The second-order valence-corrected chi connectivity index (χ2v) is 9.05. The Labute approximate surface area is 188 Å². The highest BCUT2D eigenvalue weighted by Crippen LogP contribution is 2.29. The third-order valence-corrected chi connectivity index (χ3v) is 6.16. The van der Waals surface area contributed by atoms with Crippen LogP contribution < -0.4 is 10.9 Å². The molecule has 4 aromatic rings. The maximum absolute atomic E-state index is 13.0. The molecule has 9 heteroatoms. The molecule has 0 saturated heterocycles. The molecule has 5 rings (SSSR count). The fourth-order valence-corrected chi connectivity index (χ4v) is 4.05. The molecule has 2 aromatic carbocycles. The van der Waals surface area contributed by atoms with Crippen LogP contribution in [0.1, 0.15) is 25.3 Å². The van der Waals surface area contributed by atoms with Gasteiger partial charge in [0.2, 0.25) is 5.91 Å². The maximum Gasteiger partial charge on any atom is 0.277 e. The zero-order valence-corrected chi connectivity index (χ0v) is 18.2. The fraction of sp³-hybridized carbons (Fsp3) is 0.261. The highest BCUT2D eigenvalue weighted by atomic mass is 32.2. The van der Waals surface area contributed by atoms with Crippen LogP contribution in [0.25, 0.3) is 22.4 Å². The first kappa shape index (κ1) is 20.4. The van der Waals surface area contributed by atoms with Crippen LogP contribution in [0, 0.1) is 0 Å². The predicted octanol–water partition coefficient (Wildman–Crippen LogP) is 3.25. The molecule has 1 saturated carbocycles. The minimum absolute atomic E-state index is 0.0442. The third kappa shape index (κ3) is 4.29. The minimum Gasteiger partial charge on any atom is -0.409 e. The summed E-state index contributed by atoms with van der Waals surface area (Å²) < 4.78 is 7.26. The smallest absolute Gasteiger partial charge is 0.277 e. The first-order valence-electron chi connectivity index (χ1n) is 10.4. The molecule has 1 fully saturated rings. The zero-order chi connectivity index (χ0) is 22.1. The van der Waals surface area contributed by atoms with E-state index in [1.165, 1.54) is 16.4 Å². The molecule has 0 aliphatic heterocycles. The normalized spacial score (nSPS) is 14.4. The lowest BCUT2D eigenvalue weighted by atomic mass is 10.1. The van der Waals surface area contributed by atoms with Crippen molar-refractivity contribution >= 4 is 28.4 Å². The number of rotatable bonds is 7. The monoisotopic (exact) mass is 447 g/mol. The third-order valence-electron chi connectivity index (χ3n) is 5.22. The Kier molecular flexibility index (Phi) is 5.48. The molecule has 0 radical (unpaired) electrons. The highest BCUT2D eigenvalue weighted by Gasteiger charge is 2.27. The summed E-state index contributed by atoms with van der Waals surface area (Å²) >= 11 is 1.20. The van der Waals surface area contributed by atoms with Crippen molar-refractivity contribution in [1.29, 1.82) is 0 Å². The molecule has 0 spiro atoms. The van der Waals surface area contributed by atoms with Gasteiger partial charge < -0.3 is 9.73 Å². The topological polar surface area (TPSA) is 103 Å². The first-order valence-corrected chi connectivity index (χ1v) is 11.3. The maximum atomic E-state index is 13.0. The molecular weight excluding hydrogens is 426 g/mol. The van der Waals surface area contributed by atoms with E-state index in [-0.39, 0.29) is 27.8 Å². The quantitative estimate of drug-likeness (QED) is 0.434. The van der Waals surface area contributed by atoms with Crippen molar-refractivity contribution in [3.63, 3.8) is 0 Å². The SMILES string of the molecule is CC(Sc1nnc(-c2nn(Cc3ccccc3)c(=O)c3ccccc23)o1)C(=O)NC1CC1. The molecule has 32 heavy (non-hydrogen) atoms. The molecule has 1 unspecified atom stereocenters. The standard InChI is InChI=1S/C23H21N5O3S/c1-14(20(29)24-16-11-12-16)32-23-26-25-21(31-23)19-17-9-5-6-10-18(17)22(30)28(27-19)13-15-7-3-2-4-8-15/h2-10,14,16H,11-13H2,1H3,(H,24,29). The number of thioether (sulfide) groups is 1. The molecule has 1 aliphatic rings. The summed E-state index contributed by atoms with van der Waals surface area (Å²) in [7, 11) is 0. The van der Waals surface area contributed by atoms with Gasteiger partial charge in [0.25, 0.3) is 16.7 Å². The molecule has 1 amide bonds. The van der Waals surface area contributed by atoms with Gasteiger partial charge >= 0.3 is 0 Å². The number of nitrogens with zero attached hydrogens (tertiary/aromatic N) is 4. The van der Waals surface area contributed by atoms with E-state index < -0.39 is 0 Å². The van der Waals surface area contributed by atoms with Crippen LogP contribution in [0.4, 0.5) is 0 Å². The summed E-state index contributed by atoms with van der Waals surface area (Å²) in [5.74, 6) is 0.164. The highest BCUT2D eigenvalue weighted by molar-refractivity contribution is 8.00. The number of benzene rings is 2. The van der Waals surface area contributed by atoms with Crippen LogP contribution in [-0.2, 0) is 11.3 Å².